The van der Waals surface area contributed by atoms with Crippen LogP contribution in [0.2, 0.25) is 0 Å². The first kappa shape index (κ1) is 9.35. The van der Waals surface area contributed by atoms with Gasteiger partial charge in [-0.25, -0.2) is 9.97 Å². The Labute approximate surface area is 88.8 Å². The summed E-state index contributed by atoms with van der Waals surface area (Å²) < 4.78 is 0.850. The molecule has 0 saturated heterocycles. The molecule has 0 amide bonds. The molecule has 0 bridgehead atoms. The number of nitrogens with zero attached hydrogens (tertiary/aromatic N) is 4. The van der Waals surface area contributed by atoms with E-state index in [1.54, 1.807) is 18.5 Å². The Morgan fingerprint density at radius 3 is 2.93 bits per heavy atom. The van der Waals surface area contributed by atoms with Crippen molar-refractivity contribution >= 4 is 28.9 Å². The number of rotatable bonds is 2. The standard InChI is InChI=1S/C7H7N5S2/c1-4-10-5(8)2-6(11-4)14-7-12-9-3-13-7/h2-3H,1H3,(H2,8,10,11). The van der Waals surface area contributed by atoms with Gasteiger partial charge in [-0.15, -0.1) is 10.2 Å². The maximum Gasteiger partial charge on any atom is 0.180 e. The normalized spacial score (nSPS) is 10.4. The molecule has 0 saturated carbocycles. The van der Waals surface area contributed by atoms with Gasteiger partial charge in [0.1, 0.15) is 22.2 Å². The van der Waals surface area contributed by atoms with Crippen LogP contribution in [-0.4, -0.2) is 20.2 Å². The summed E-state index contributed by atoms with van der Waals surface area (Å²) in [5.41, 5.74) is 7.27. The van der Waals surface area contributed by atoms with Crippen molar-refractivity contribution in [2.24, 2.45) is 0 Å². The van der Waals surface area contributed by atoms with Gasteiger partial charge in [-0.05, 0) is 18.7 Å². The van der Waals surface area contributed by atoms with E-state index in [4.69, 9.17) is 5.73 Å². The lowest BCUT2D eigenvalue weighted by molar-refractivity contribution is 0.966. The fourth-order valence-electron chi connectivity index (χ4n) is 0.912. The van der Waals surface area contributed by atoms with Crippen molar-refractivity contribution in [2.75, 3.05) is 5.73 Å². The van der Waals surface area contributed by atoms with Crippen LogP contribution in [0.4, 0.5) is 5.82 Å². The third kappa shape index (κ3) is 2.18. The number of nitrogens with two attached hydrogens (primary N) is 1. The quantitative estimate of drug-likeness (QED) is 0.778. The summed E-state index contributed by atoms with van der Waals surface area (Å²) in [6, 6.07) is 1.72. The lowest BCUT2D eigenvalue weighted by Crippen LogP contribution is -1.96. The first-order chi connectivity index (χ1) is 6.74. The first-order valence-electron chi connectivity index (χ1n) is 3.79. The number of hydrogen-bond donors (Lipinski definition) is 1. The molecule has 7 heteroatoms. The molecule has 2 aromatic heterocycles. The second-order valence-electron chi connectivity index (χ2n) is 2.48. The van der Waals surface area contributed by atoms with Gasteiger partial charge in [0.25, 0.3) is 0 Å². The maximum atomic E-state index is 5.59. The molecular weight excluding hydrogens is 218 g/mol. The topological polar surface area (TPSA) is 77.6 Å². The van der Waals surface area contributed by atoms with E-state index in [1.807, 2.05) is 0 Å². The SMILES string of the molecule is Cc1nc(N)cc(Sc2nncs2)n1. The van der Waals surface area contributed by atoms with Crippen LogP contribution >= 0.6 is 23.1 Å². The van der Waals surface area contributed by atoms with E-state index >= 15 is 0 Å². The molecule has 2 heterocycles. The highest BCUT2D eigenvalue weighted by Gasteiger charge is 2.04. The third-order valence-corrected chi connectivity index (χ3v) is 3.06. The molecule has 2 N–H and O–H groups in total. The van der Waals surface area contributed by atoms with Crippen molar-refractivity contribution < 1.29 is 0 Å². The fraction of sp³-hybridized carbons (Fsp3) is 0.143. The fourth-order valence-corrected chi connectivity index (χ4v) is 2.39. The van der Waals surface area contributed by atoms with Crippen molar-refractivity contribution in [3.05, 3.63) is 17.4 Å². The smallest absolute Gasteiger partial charge is 0.180 e. The van der Waals surface area contributed by atoms with E-state index in [-0.39, 0.29) is 0 Å². The average Bonchev–Trinajstić information content (AvgIpc) is 2.54. The third-order valence-electron chi connectivity index (χ3n) is 1.37. The van der Waals surface area contributed by atoms with Crippen LogP contribution in [0, 0.1) is 6.92 Å². The van der Waals surface area contributed by atoms with E-state index in [0.717, 1.165) is 9.37 Å². The van der Waals surface area contributed by atoms with Crippen LogP contribution in [0.5, 0.6) is 0 Å². The Balaban J connectivity index is 2.25. The summed E-state index contributed by atoms with van der Waals surface area (Å²) in [6.07, 6.45) is 0. The molecule has 2 rings (SSSR count). The molecular formula is C7H7N5S2. The molecule has 14 heavy (non-hydrogen) atoms. The van der Waals surface area contributed by atoms with Gasteiger partial charge in [-0.1, -0.05) is 11.3 Å². The van der Waals surface area contributed by atoms with Crippen molar-refractivity contribution in [2.45, 2.75) is 16.3 Å². The molecule has 0 spiro atoms. The minimum Gasteiger partial charge on any atom is -0.384 e. The molecule has 0 aliphatic heterocycles. The largest absolute Gasteiger partial charge is 0.384 e. The molecule has 0 aliphatic rings. The van der Waals surface area contributed by atoms with Gasteiger partial charge < -0.3 is 5.73 Å². The number of nitrogen functional groups attached to an aromatic ring is 1. The van der Waals surface area contributed by atoms with Gasteiger partial charge in [-0.2, -0.15) is 0 Å². The zero-order chi connectivity index (χ0) is 9.97. The molecule has 0 unspecified atom stereocenters. The number of hydrogen-bond acceptors (Lipinski definition) is 7. The predicted octanol–water partition coefficient (Wildman–Crippen LogP) is 1.37. The van der Waals surface area contributed by atoms with E-state index in [1.165, 1.54) is 23.1 Å². The van der Waals surface area contributed by atoms with Gasteiger partial charge >= 0.3 is 0 Å². The lowest BCUT2D eigenvalue weighted by Gasteiger charge is -1.99. The molecule has 0 atom stereocenters. The Bertz CT molecular complexity index is 407. The number of aryl methyl sites for hydroxylation is 1. The zero-order valence-corrected chi connectivity index (χ0v) is 8.97. The molecule has 0 aliphatic carbocycles. The highest BCUT2D eigenvalue weighted by molar-refractivity contribution is 8.00. The summed E-state index contributed by atoms with van der Waals surface area (Å²) in [4.78, 5) is 8.20. The maximum absolute atomic E-state index is 5.59. The Morgan fingerprint density at radius 1 is 1.43 bits per heavy atom. The first-order valence-corrected chi connectivity index (χ1v) is 5.49. The Kier molecular flexibility index (Phi) is 2.60. The van der Waals surface area contributed by atoms with Crippen LogP contribution < -0.4 is 5.73 Å². The Hall–Kier alpha value is -1.21. The van der Waals surface area contributed by atoms with Gasteiger partial charge in [0.15, 0.2) is 4.34 Å². The number of anilines is 1. The molecule has 72 valence electrons. The van der Waals surface area contributed by atoms with E-state index < -0.39 is 0 Å². The average molecular weight is 225 g/mol. The van der Waals surface area contributed by atoms with Crippen LogP contribution in [0.25, 0.3) is 0 Å². The Morgan fingerprint density at radius 2 is 2.29 bits per heavy atom. The molecule has 0 fully saturated rings. The molecule has 0 radical (unpaired) electrons. The monoisotopic (exact) mass is 225 g/mol. The highest BCUT2D eigenvalue weighted by Crippen LogP contribution is 2.27. The van der Waals surface area contributed by atoms with Gasteiger partial charge in [0, 0.05) is 6.07 Å². The van der Waals surface area contributed by atoms with Crippen LogP contribution in [0.1, 0.15) is 5.82 Å². The summed E-state index contributed by atoms with van der Waals surface area (Å²) in [5.74, 6) is 1.14. The van der Waals surface area contributed by atoms with E-state index in [9.17, 15) is 0 Å². The van der Waals surface area contributed by atoms with Gasteiger partial charge in [0.05, 0.1) is 0 Å². The van der Waals surface area contributed by atoms with Crippen molar-refractivity contribution in [1.29, 1.82) is 0 Å². The van der Waals surface area contributed by atoms with Crippen molar-refractivity contribution in [3.63, 3.8) is 0 Å². The molecule has 5 nitrogen and oxygen atoms in total. The lowest BCUT2D eigenvalue weighted by atomic mass is 10.5. The van der Waals surface area contributed by atoms with Crippen molar-refractivity contribution in [3.8, 4) is 0 Å². The van der Waals surface area contributed by atoms with Crippen LogP contribution in [-0.2, 0) is 0 Å². The minimum atomic E-state index is 0.476. The number of aromatic nitrogens is 4. The van der Waals surface area contributed by atoms with Crippen molar-refractivity contribution in [1.82, 2.24) is 20.2 Å². The summed E-state index contributed by atoms with van der Waals surface area (Å²) in [5, 5.41) is 8.44. The zero-order valence-electron chi connectivity index (χ0n) is 7.34. The van der Waals surface area contributed by atoms with E-state index in [2.05, 4.69) is 20.2 Å². The van der Waals surface area contributed by atoms with E-state index in [0.29, 0.717) is 11.6 Å². The predicted molar refractivity (Wildman–Crippen MR) is 55.2 cm³/mol. The summed E-state index contributed by atoms with van der Waals surface area (Å²) in [6.45, 7) is 1.81. The second kappa shape index (κ2) is 3.89. The highest BCUT2D eigenvalue weighted by atomic mass is 32.2. The summed E-state index contributed by atoms with van der Waals surface area (Å²) in [7, 11) is 0. The minimum absolute atomic E-state index is 0.476. The van der Waals surface area contributed by atoms with Gasteiger partial charge in [-0.3, -0.25) is 0 Å². The van der Waals surface area contributed by atoms with Crippen LogP contribution in [0.3, 0.4) is 0 Å². The molecule has 0 aromatic carbocycles. The van der Waals surface area contributed by atoms with Crippen LogP contribution in [0.15, 0.2) is 20.9 Å². The van der Waals surface area contributed by atoms with Gasteiger partial charge in [0.2, 0.25) is 0 Å². The summed E-state index contributed by atoms with van der Waals surface area (Å²) >= 11 is 2.91. The second-order valence-corrected chi connectivity index (χ2v) is 4.59. The molecule has 2 aromatic rings.